The highest BCUT2D eigenvalue weighted by Crippen LogP contribution is 2.28. The SMILES string of the molecule is CC1CCC(Nc2ncnc3c2nn2ccccc32)CC1. The zero-order chi connectivity index (χ0) is 14.2. The van der Waals surface area contributed by atoms with E-state index >= 15 is 0 Å². The number of rotatable bonds is 2. The molecule has 5 heteroatoms. The normalized spacial score (nSPS) is 22.7. The summed E-state index contributed by atoms with van der Waals surface area (Å²) in [5, 5.41) is 8.20. The second-order valence-corrected chi connectivity index (χ2v) is 6.05. The Hall–Kier alpha value is -2.17. The number of hydrogen-bond donors (Lipinski definition) is 1. The van der Waals surface area contributed by atoms with Crippen LogP contribution >= 0.6 is 0 Å². The molecule has 1 aliphatic carbocycles. The van der Waals surface area contributed by atoms with Gasteiger partial charge in [-0.25, -0.2) is 14.5 Å². The van der Waals surface area contributed by atoms with Crippen LogP contribution in [0.2, 0.25) is 0 Å². The number of anilines is 1. The number of nitrogens with zero attached hydrogens (tertiary/aromatic N) is 4. The first-order chi connectivity index (χ1) is 10.3. The lowest BCUT2D eigenvalue weighted by Gasteiger charge is -2.27. The molecule has 0 saturated heterocycles. The Bertz CT molecular complexity index is 771. The quantitative estimate of drug-likeness (QED) is 0.783. The Kier molecular flexibility index (Phi) is 2.98. The molecule has 0 radical (unpaired) electrons. The molecule has 0 atom stereocenters. The van der Waals surface area contributed by atoms with Crippen LogP contribution in [0, 0.1) is 5.92 Å². The summed E-state index contributed by atoms with van der Waals surface area (Å²) >= 11 is 0. The van der Waals surface area contributed by atoms with Gasteiger partial charge in [-0.1, -0.05) is 13.0 Å². The summed E-state index contributed by atoms with van der Waals surface area (Å²) < 4.78 is 1.87. The molecule has 0 aromatic carbocycles. The first-order valence-corrected chi connectivity index (χ1v) is 7.66. The van der Waals surface area contributed by atoms with Gasteiger partial charge >= 0.3 is 0 Å². The lowest BCUT2D eigenvalue weighted by atomic mass is 9.87. The van der Waals surface area contributed by atoms with Gasteiger partial charge in [-0.3, -0.25) is 0 Å². The second-order valence-electron chi connectivity index (χ2n) is 6.05. The van der Waals surface area contributed by atoms with Crippen LogP contribution in [0.1, 0.15) is 32.6 Å². The third kappa shape index (κ3) is 2.22. The van der Waals surface area contributed by atoms with Crippen molar-refractivity contribution in [3.63, 3.8) is 0 Å². The summed E-state index contributed by atoms with van der Waals surface area (Å²) in [5.41, 5.74) is 2.80. The van der Waals surface area contributed by atoms with Crippen LogP contribution in [0.4, 0.5) is 5.82 Å². The number of aromatic nitrogens is 4. The van der Waals surface area contributed by atoms with Crippen LogP contribution in [-0.2, 0) is 0 Å². The lowest BCUT2D eigenvalue weighted by molar-refractivity contribution is 0.361. The summed E-state index contributed by atoms with van der Waals surface area (Å²) in [7, 11) is 0. The monoisotopic (exact) mass is 281 g/mol. The fourth-order valence-electron chi connectivity index (χ4n) is 3.18. The Balaban J connectivity index is 1.72. The second kappa shape index (κ2) is 4.98. The van der Waals surface area contributed by atoms with Gasteiger partial charge in [0, 0.05) is 12.2 Å². The van der Waals surface area contributed by atoms with E-state index in [2.05, 4.69) is 27.3 Å². The van der Waals surface area contributed by atoms with Gasteiger partial charge in [0.1, 0.15) is 11.8 Å². The van der Waals surface area contributed by atoms with E-state index in [9.17, 15) is 0 Å². The van der Waals surface area contributed by atoms with Gasteiger partial charge in [-0.05, 0) is 43.7 Å². The molecule has 0 amide bonds. The number of nitrogens with one attached hydrogen (secondary N) is 1. The number of fused-ring (bicyclic) bond motifs is 3. The van der Waals surface area contributed by atoms with Crippen LogP contribution in [-0.4, -0.2) is 25.6 Å². The molecule has 3 aromatic heterocycles. The predicted molar refractivity (Wildman–Crippen MR) is 83.3 cm³/mol. The van der Waals surface area contributed by atoms with E-state index in [1.54, 1.807) is 6.33 Å². The Morgan fingerprint density at radius 1 is 1.10 bits per heavy atom. The highest BCUT2D eigenvalue weighted by atomic mass is 15.2. The van der Waals surface area contributed by atoms with Crippen molar-refractivity contribution in [3.8, 4) is 0 Å². The van der Waals surface area contributed by atoms with Crippen molar-refractivity contribution in [2.24, 2.45) is 5.92 Å². The zero-order valence-electron chi connectivity index (χ0n) is 12.2. The first kappa shape index (κ1) is 12.6. The molecule has 1 N–H and O–H groups in total. The molecule has 3 aromatic rings. The Labute approximate surface area is 123 Å². The van der Waals surface area contributed by atoms with E-state index in [1.165, 1.54) is 25.7 Å². The average molecular weight is 281 g/mol. The molecule has 4 rings (SSSR count). The molecule has 0 spiro atoms. The standard InChI is InChI=1S/C16H19N5/c1-11-5-7-12(8-6-11)19-16-15-14(17-10-18-16)13-4-2-3-9-21(13)20-15/h2-4,9-12H,5-8H2,1H3,(H,17,18,19). The summed E-state index contributed by atoms with van der Waals surface area (Å²) in [6, 6.07) is 6.52. The van der Waals surface area contributed by atoms with Crippen LogP contribution in [0.3, 0.4) is 0 Å². The molecule has 5 nitrogen and oxygen atoms in total. The maximum atomic E-state index is 4.62. The topological polar surface area (TPSA) is 55.1 Å². The third-order valence-corrected chi connectivity index (χ3v) is 4.47. The molecule has 0 aliphatic heterocycles. The molecule has 108 valence electrons. The number of hydrogen-bond acceptors (Lipinski definition) is 4. The summed E-state index contributed by atoms with van der Waals surface area (Å²) in [6.45, 7) is 2.33. The third-order valence-electron chi connectivity index (χ3n) is 4.47. The summed E-state index contributed by atoms with van der Waals surface area (Å²) in [5.74, 6) is 1.71. The van der Waals surface area contributed by atoms with Gasteiger partial charge in [0.2, 0.25) is 0 Å². The molecular weight excluding hydrogens is 262 g/mol. The summed E-state index contributed by atoms with van der Waals surface area (Å²) in [6.07, 6.45) is 8.57. The lowest BCUT2D eigenvalue weighted by Crippen LogP contribution is -2.25. The molecule has 21 heavy (non-hydrogen) atoms. The molecule has 1 aliphatic rings. The minimum Gasteiger partial charge on any atom is -0.365 e. The number of pyridine rings is 1. The van der Waals surface area contributed by atoms with Crippen molar-refractivity contribution in [3.05, 3.63) is 30.7 Å². The first-order valence-electron chi connectivity index (χ1n) is 7.66. The average Bonchev–Trinajstić information content (AvgIpc) is 2.89. The van der Waals surface area contributed by atoms with E-state index in [1.807, 2.05) is 28.9 Å². The van der Waals surface area contributed by atoms with Crippen molar-refractivity contribution in [2.75, 3.05) is 5.32 Å². The maximum Gasteiger partial charge on any atom is 0.158 e. The minimum absolute atomic E-state index is 0.504. The van der Waals surface area contributed by atoms with Gasteiger partial charge in [0.05, 0.1) is 5.52 Å². The molecule has 1 fully saturated rings. The largest absolute Gasteiger partial charge is 0.365 e. The van der Waals surface area contributed by atoms with E-state index in [4.69, 9.17) is 0 Å². The van der Waals surface area contributed by atoms with Crippen LogP contribution in [0.25, 0.3) is 16.6 Å². The van der Waals surface area contributed by atoms with Crippen molar-refractivity contribution < 1.29 is 0 Å². The molecular formula is C16H19N5. The van der Waals surface area contributed by atoms with E-state index < -0.39 is 0 Å². The maximum absolute atomic E-state index is 4.62. The fraction of sp³-hybridized carbons (Fsp3) is 0.438. The molecule has 0 bridgehead atoms. The molecule has 0 unspecified atom stereocenters. The van der Waals surface area contributed by atoms with Crippen LogP contribution < -0.4 is 5.32 Å². The summed E-state index contributed by atoms with van der Waals surface area (Å²) in [4.78, 5) is 8.82. The van der Waals surface area contributed by atoms with E-state index in [-0.39, 0.29) is 0 Å². The smallest absolute Gasteiger partial charge is 0.158 e. The predicted octanol–water partition coefficient (Wildman–Crippen LogP) is 3.27. The van der Waals surface area contributed by atoms with Gasteiger partial charge in [-0.15, -0.1) is 0 Å². The van der Waals surface area contributed by atoms with Gasteiger partial charge < -0.3 is 5.32 Å². The zero-order valence-corrected chi connectivity index (χ0v) is 12.2. The van der Waals surface area contributed by atoms with Gasteiger partial charge in [-0.2, -0.15) is 5.10 Å². The van der Waals surface area contributed by atoms with Gasteiger partial charge in [0.25, 0.3) is 0 Å². The molecule has 1 saturated carbocycles. The van der Waals surface area contributed by atoms with Crippen molar-refractivity contribution in [2.45, 2.75) is 38.6 Å². The van der Waals surface area contributed by atoms with Crippen molar-refractivity contribution >= 4 is 22.4 Å². The van der Waals surface area contributed by atoms with Crippen LogP contribution in [0.15, 0.2) is 30.7 Å². The highest BCUT2D eigenvalue weighted by molar-refractivity contribution is 5.96. The van der Waals surface area contributed by atoms with Crippen LogP contribution in [0.5, 0.6) is 0 Å². The Morgan fingerprint density at radius 3 is 2.81 bits per heavy atom. The van der Waals surface area contributed by atoms with E-state index in [0.29, 0.717) is 6.04 Å². The van der Waals surface area contributed by atoms with Crippen molar-refractivity contribution in [1.82, 2.24) is 19.6 Å². The van der Waals surface area contributed by atoms with E-state index in [0.717, 1.165) is 28.3 Å². The van der Waals surface area contributed by atoms with Crippen molar-refractivity contribution in [1.29, 1.82) is 0 Å². The minimum atomic E-state index is 0.504. The van der Waals surface area contributed by atoms with Gasteiger partial charge in [0.15, 0.2) is 11.3 Å². The highest BCUT2D eigenvalue weighted by Gasteiger charge is 2.20. The fourth-order valence-corrected chi connectivity index (χ4v) is 3.18. The molecule has 3 heterocycles. The Morgan fingerprint density at radius 2 is 1.95 bits per heavy atom.